The van der Waals surface area contributed by atoms with Gasteiger partial charge in [-0.1, -0.05) is 27.5 Å². The molecule has 0 saturated heterocycles. The molecular weight excluding hydrogens is 360 g/mol. The van der Waals surface area contributed by atoms with Gasteiger partial charge in [0.1, 0.15) is 12.4 Å². The molecule has 0 heterocycles. The van der Waals surface area contributed by atoms with Gasteiger partial charge in [0, 0.05) is 23.2 Å². The molecule has 2 aromatic carbocycles. The predicted octanol–water partition coefficient (Wildman–Crippen LogP) is 4.50. The van der Waals surface area contributed by atoms with E-state index in [1.165, 1.54) is 12.1 Å². The van der Waals surface area contributed by atoms with Crippen LogP contribution < -0.4 is 10.1 Å². The van der Waals surface area contributed by atoms with Crippen molar-refractivity contribution in [2.75, 3.05) is 18.5 Å². The highest BCUT2D eigenvalue weighted by molar-refractivity contribution is 9.10. The second-order valence-corrected chi connectivity index (χ2v) is 5.47. The molecule has 5 nitrogen and oxygen atoms in total. The Hall–Kier alpha value is -1.79. The maximum Gasteiger partial charge on any atom is 0.269 e. The van der Waals surface area contributed by atoms with Gasteiger partial charge in [-0.15, -0.1) is 0 Å². The Bertz CT molecular complexity index is 635. The smallest absolute Gasteiger partial charge is 0.269 e. The fourth-order valence-corrected chi connectivity index (χ4v) is 2.39. The van der Waals surface area contributed by atoms with Crippen LogP contribution in [0.5, 0.6) is 5.75 Å². The Balaban J connectivity index is 1.80. The molecule has 21 heavy (non-hydrogen) atoms. The molecule has 0 radical (unpaired) electrons. The molecular formula is C14H12BrClN2O3. The highest BCUT2D eigenvalue weighted by Crippen LogP contribution is 2.25. The van der Waals surface area contributed by atoms with Crippen molar-refractivity contribution in [2.24, 2.45) is 0 Å². The largest absolute Gasteiger partial charge is 0.492 e. The van der Waals surface area contributed by atoms with Crippen molar-refractivity contribution in [3.8, 4) is 5.75 Å². The maximum atomic E-state index is 10.5. The number of nitro groups is 1. The monoisotopic (exact) mass is 370 g/mol. The van der Waals surface area contributed by atoms with Crippen LogP contribution in [-0.4, -0.2) is 18.1 Å². The van der Waals surface area contributed by atoms with Crippen LogP contribution in [0.2, 0.25) is 5.02 Å². The summed E-state index contributed by atoms with van der Waals surface area (Å²) in [5.74, 6) is 0.587. The first-order valence-electron chi connectivity index (χ1n) is 6.12. The second-order valence-electron chi connectivity index (χ2n) is 4.15. The number of hydrogen-bond acceptors (Lipinski definition) is 4. The first kappa shape index (κ1) is 15.6. The fraction of sp³-hybridized carbons (Fsp3) is 0.143. The van der Waals surface area contributed by atoms with Gasteiger partial charge in [-0.05, 0) is 30.3 Å². The van der Waals surface area contributed by atoms with E-state index in [4.69, 9.17) is 16.3 Å². The van der Waals surface area contributed by atoms with Crippen LogP contribution in [0.3, 0.4) is 0 Å². The summed E-state index contributed by atoms with van der Waals surface area (Å²) >= 11 is 9.42. The SMILES string of the molecule is O=[N+]([O-])c1ccc(OCCNc2ccc(Br)cc2Cl)cc1. The molecule has 2 rings (SSSR count). The molecule has 2 aromatic rings. The number of non-ortho nitro benzene ring substituents is 1. The zero-order valence-electron chi connectivity index (χ0n) is 10.9. The molecule has 0 amide bonds. The number of anilines is 1. The Labute approximate surface area is 135 Å². The quantitative estimate of drug-likeness (QED) is 0.461. The number of nitro benzene ring substituents is 1. The second kappa shape index (κ2) is 7.28. The molecule has 110 valence electrons. The van der Waals surface area contributed by atoms with Crippen molar-refractivity contribution in [1.29, 1.82) is 0 Å². The third kappa shape index (κ3) is 4.61. The van der Waals surface area contributed by atoms with Crippen molar-refractivity contribution >= 4 is 38.9 Å². The molecule has 0 aliphatic heterocycles. The molecule has 0 spiro atoms. The average molecular weight is 372 g/mol. The van der Waals surface area contributed by atoms with Crippen molar-refractivity contribution < 1.29 is 9.66 Å². The molecule has 0 saturated carbocycles. The van der Waals surface area contributed by atoms with Crippen LogP contribution in [0.15, 0.2) is 46.9 Å². The number of ether oxygens (including phenoxy) is 1. The summed E-state index contributed by atoms with van der Waals surface area (Å²) in [5, 5.41) is 14.3. The zero-order valence-corrected chi connectivity index (χ0v) is 13.2. The van der Waals surface area contributed by atoms with Gasteiger partial charge in [0.2, 0.25) is 0 Å². The summed E-state index contributed by atoms with van der Waals surface area (Å²) in [6, 6.07) is 11.5. The molecule has 0 atom stereocenters. The lowest BCUT2D eigenvalue weighted by Gasteiger charge is -2.10. The summed E-state index contributed by atoms with van der Waals surface area (Å²) in [7, 11) is 0. The third-order valence-electron chi connectivity index (χ3n) is 2.66. The maximum absolute atomic E-state index is 10.5. The van der Waals surface area contributed by atoms with Crippen molar-refractivity contribution in [1.82, 2.24) is 0 Å². The highest BCUT2D eigenvalue weighted by atomic mass is 79.9. The van der Waals surface area contributed by atoms with Crippen molar-refractivity contribution in [3.05, 3.63) is 62.1 Å². The Kier molecular flexibility index (Phi) is 5.41. The molecule has 0 aliphatic rings. The molecule has 1 N–H and O–H groups in total. The number of nitrogens with one attached hydrogen (secondary N) is 1. The van der Waals surface area contributed by atoms with E-state index < -0.39 is 4.92 Å². The standard InChI is InChI=1S/C14H12BrClN2O3/c15-10-1-6-14(13(16)9-10)17-7-8-21-12-4-2-11(3-5-12)18(19)20/h1-6,9,17H,7-8H2. The summed E-state index contributed by atoms with van der Waals surface area (Å²) in [6.45, 7) is 0.989. The minimum absolute atomic E-state index is 0.0436. The van der Waals surface area contributed by atoms with E-state index in [2.05, 4.69) is 21.2 Å². The average Bonchev–Trinajstić information content (AvgIpc) is 2.46. The van der Waals surface area contributed by atoms with Crippen LogP contribution in [0.1, 0.15) is 0 Å². The van der Waals surface area contributed by atoms with E-state index in [-0.39, 0.29) is 5.69 Å². The van der Waals surface area contributed by atoms with Gasteiger partial charge in [0.25, 0.3) is 5.69 Å². The summed E-state index contributed by atoms with van der Waals surface area (Å²) in [5.41, 5.74) is 0.870. The third-order valence-corrected chi connectivity index (χ3v) is 3.47. The Morgan fingerprint density at radius 2 is 1.95 bits per heavy atom. The van der Waals surface area contributed by atoms with Gasteiger partial charge in [0.15, 0.2) is 0 Å². The van der Waals surface area contributed by atoms with Crippen LogP contribution in [0.25, 0.3) is 0 Å². The normalized spacial score (nSPS) is 10.2. The first-order valence-corrected chi connectivity index (χ1v) is 7.29. The van der Waals surface area contributed by atoms with Crippen LogP contribution >= 0.6 is 27.5 Å². The van der Waals surface area contributed by atoms with Gasteiger partial charge in [-0.25, -0.2) is 0 Å². The molecule has 0 fully saturated rings. The van der Waals surface area contributed by atoms with E-state index in [1.807, 2.05) is 12.1 Å². The lowest BCUT2D eigenvalue weighted by Crippen LogP contribution is -2.11. The highest BCUT2D eigenvalue weighted by Gasteiger charge is 2.04. The van der Waals surface area contributed by atoms with Crippen LogP contribution in [0.4, 0.5) is 11.4 Å². The Morgan fingerprint density at radius 3 is 2.57 bits per heavy atom. The lowest BCUT2D eigenvalue weighted by atomic mass is 10.3. The minimum atomic E-state index is -0.444. The van der Waals surface area contributed by atoms with Gasteiger partial charge < -0.3 is 10.1 Å². The number of nitrogens with zero attached hydrogens (tertiary/aromatic N) is 1. The first-order chi connectivity index (χ1) is 10.1. The molecule has 0 aromatic heterocycles. The fourth-order valence-electron chi connectivity index (χ4n) is 1.65. The van der Waals surface area contributed by atoms with Crippen molar-refractivity contribution in [2.45, 2.75) is 0 Å². The minimum Gasteiger partial charge on any atom is -0.492 e. The number of hydrogen-bond donors (Lipinski definition) is 1. The predicted molar refractivity (Wildman–Crippen MR) is 86.2 cm³/mol. The van der Waals surface area contributed by atoms with Gasteiger partial charge in [-0.2, -0.15) is 0 Å². The van der Waals surface area contributed by atoms with Crippen LogP contribution in [0, 0.1) is 10.1 Å². The summed E-state index contributed by atoms with van der Waals surface area (Å²) < 4.78 is 6.41. The molecule has 0 aliphatic carbocycles. The van der Waals surface area contributed by atoms with E-state index >= 15 is 0 Å². The van der Waals surface area contributed by atoms with E-state index in [1.54, 1.807) is 18.2 Å². The number of rotatable bonds is 6. The van der Waals surface area contributed by atoms with Crippen LogP contribution in [-0.2, 0) is 0 Å². The zero-order chi connectivity index (χ0) is 15.2. The lowest BCUT2D eigenvalue weighted by molar-refractivity contribution is -0.384. The van der Waals surface area contributed by atoms with E-state index in [0.717, 1.165) is 10.2 Å². The topological polar surface area (TPSA) is 64.4 Å². The molecule has 0 bridgehead atoms. The number of halogens is 2. The van der Waals surface area contributed by atoms with E-state index in [9.17, 15) is 10.1 Å². The summed E-state index contributed by atoms with van der Waals surface area (Å²) in [6.07, 6.45) is 0. The molecule has 0 unspecified atom stereocenters. The van der Waals surface area contributed by atoms with Gasteiger partial charge in [-0.3, -0.25) is 10.1 Å². The number of benzene rings is 2. The van der Waals surface area contributed by atoms with Gasteiger partial charge in [0.05, 0.1) is 15.6 Å². The Morgan fingerprint density at radius 1 is 1.24 bits per heavy atom. The van der Waals surface area contributed by atoms with Gasteiger partial charge >= 0.3 is 0 Å². The molecule has 7 heteroatoms. The van der Waals surface area contributed by atoms with Crippen molar-refractivity contribution in [3.63, 3.8) is 0 Å². The van der Waals surface area contributed by atoms with E-state index in [0.29, 0.717) is 23.9 Å². The summed E-state index contributed by atoms with van der Waals surface area (Å²) in [4.78, 5) is 10.1.